The Balaban J connectivity index is 2.78. The van der Waals surface area contributed by atoms with Gasteiger partial charge in [-0.25, -0.2) is 4.79 Å². The molecule has 1 aromatic rings. The minimum absolute atomic E-state index is 0.229. The average Bonchev–Trinajstić information content (AvgIpc) is 2.65. The van der Waals surface area contributed by atoms with Gasteiger partial charge in [0.1, 0.15) is 0 Å². The van der Waals surface area contributed by atoms with Gasteiger partial charge in [-0.3, -0.25) is 4.79 Å². The van der Waals surface area contributed by atoms with E-state index in [4.69, 9.17) is 0 Å². The number of Topliss-reactive ketones (excluding diaryl/α,β-unsaturated/α-hetero) is 1. The molecule has 4 heteroatoms. The zero-order valence-electron chi connectivity index (χ0n) is 9.07. The van der Waals surface area contributed by atoms with Gasteiger partial charge in [0, 0.05) is 4.88 Å². The maximum absolute atomic E-state index is 11.5. The quantitative estimate of drug-likeness (QED) is 0.450. The van der Waals surface area contributed by atoms with Gasteiger partial charge in [0.05, 0.1) is 11.5 Å². The van der Waals surface area contributed by atoms with Gasteiger partial charge < -0.3 is 4.74 Å². The van der Waals surface area contributed by atoms with Gasteiger partial charge in [0.25, 0.3) is 5.78 Å². The Morgan fingerprint density at radius 2 is 2.07 bits per heavy atom. The Morgan fingerprint density at radius 1 is 1.40 bits per heavy atom. The summed E-state index contributed by atoms with van der Waals surface area (Å²) < 4.78 is 4.65. The summed E-state index contributed by atoms with van der Waals surface area (Å²) in [6, 6.07) is 3.56. The molecule has 15 heavy (non-hydrogen) atoms. The molecule has 0 spiro atoms. The molecule has 1 aromatic heterocycles. The van der Waals surface area contributed by atoms with Crippen LogP contribution in [0.5, 0.6) is 0 Å². The summed E-state index contributed by atoms with van der Waals surface area (Å²) in [6.07, 6.45) is 0. The second-order valence-corrected chi connectivity index (χ2v) is 4.52. The fourth-order valence-electron chi connectivity index (χ4n) is 1.08. The molecule has 1 heterocycles. The molecule has 0 aliphatic heterocycles. The number of hydrogen-bond donors (Lipinski definition) is 0. The molecular formula is C11H14O3S. The van der Waals surface area contributed by atoms with E-state index in [1.807, 2.05) is 19.9 Å². The van der Waals surface area contributed by atoms with Crippen molar-refractivity contribution in [3.63, 3.8) is 0 Å². The lowest BCUT2D eigenvalue weighted by Gasteiger charge is -1.99. The molecule has 0 fully saturated rings. The zero-order valence-corrected chi connectivity index (χ0v) is 9.89. The largest absolute Gasteiger partial charge is 0.460 e. The van der Waals surface area contributed by atoms with Crippen molar-refractivity contribution < 1.29 is 14.3 Å². The SMILES string of the molecule is CCOC(=O)C(=O)c1ccc(C(C)C)s1. The normalized spacial score (nSPS) is 10.4. The van der Waals surface area contributed by atoms with Gasteiger partial charge in [0.15, 0.2) is 0 Å². The maximum atomic E-state index is 11.5. The monoisotopic (exact) mass is 226 g/mol. The van der Waals surface area contributed by atoms with Crippen molar-refractivity contribution in [2.24, 2.45) is 0 Å². The number of ether oxygens (including phenoxy) is 1. The third kappa shape index (κ3) is 2.89. The Morgan fingerprint density at radius 3 is 2.53 bits per heavy atom. The molecule has 0 N–H and O–H groups in total. The van der Waals surface area contributed by atoms with Gasteiger partial charge in [0.2, 0.25) is 0 Å². The van der Waals surface area contributed by atoms with Crippen LogP contribution in [0.1, 0.15) is 41.2 Å². The van der Waals surface area contributed by atoms with Crippen LogP contribution in [0.4, 0.5) is 0 Å². The van der Waals surface area contributed by atoms with E-state index >= 15 is 0 Å². The second-order valence-electron chi connectivity index (χ2n) is 3.41. The van der Waals surface area contributed by atoms with Crippen LogP contribution in [-0.2, 0) is 9.53 Å². The molecule has 0 amide bonds. The molecule has 0 atom stereocenters. The Hall–Kier alpha value is -1.16. The van der Waals surface area contributed by atoms with E-state index in [2.05, 4.69) is 4.74 Å². The van der Waals surface area contributed by atoms with E-state index in [0.29, 0.717) is 10.8 Å². The first-order valence-corrected chi connectivity index (χ1v) is 5.69. The molecule has 0 aliphatic carbocycles. The van der Waals surface area contributed by atoms with Crippen LogP contribution >= 0.6 is 11.3 Å². The molecule has 0 saturated carbocycles. The third-order valence-corrected chi connectivity index (χ3v) is 3.27. The lowest BCUT2D eigenvalue weighted by atomic mass is 10.2. The van der Waals surface area contributed by atoms with Crippen LogP contribution in [0.3, 0.4) is 0 Å². The summed E-state index contributed by atoms with van der Waals surface area (Å²) in [7, 11) is 0. The van der Waals surface area contributed by atoms with Crippen molar-refractivity contribution >= 4 is 23.1 Å². The van der Waals surface area contributed by atoms with E-state index in [1.165, 1.54) is 11.3 Å². The number of thiophene rings is 1. The highest BCUT2D eigenvalue weighted by atomic mass is 32.1. The van der Waals surface area contributed by atoms with E-state index < -0.39 is 11.8 Å². The van der Waals surface area contributed by atoms with Crippen molar-refractivity contribution in [3.05, 3.63) is 21.9 Å². The molecule has 0 bridgehead atoms. The summed E-state index contributed by atoms with van der Waals surface area (Å²) in [5.41, 5.74) is 0. The van der Waals surface area contributed by atoms with E-state index in [-0.39, 0.29) is 6.61 Å². The predicted octanol–water partition coefficient (Wildman–Crippen LogP) is 2.62. The molecule has 0 unspecified atom stereocenters. The summed E-state index contributed by atoms with van der Waals surface area (Å²) in [5, 5.41) is 0. The molecule has 0 aliphatic rings. The van der Waals surface area contributed by atoms with Crippen LogP contribution in [0.2, 0.25) is 0 Å². The molecule has 82 valence electrons. The minimum atomic E-state index is -0.769. The Kier molecular flexibility index (Phi) is 4.03. The van der Waals surface area contributed by atoms with Gasteiger partial charge in [-0.1, -0.05) is 13.8 Å². The van der Waals surface area contributed by atoms with Gasteiger partial charge in [-0.2, -0.15) is 0 Å². The molecule has 1 rings (SSSR count). The minimum Gasteiger partial charge on any atom is -0.460 e. The smallest absolute Gasteiger partial charge is 0.380 e. The van der Waals surface area contributed by atoms with Crippen molar-refractivity contribution in [2.45, 2.75) is 26.7 Å². The zero-order chi connectivity index (χ0) is 11.4. The Labute approximate surface area is 93.1 Å². The number of esters is 1. The van der Waals surface area contributed by atoms with Crippen LogP contribution in [-0.4, -0.2) is 18.4 Å². The van der Waals surface area contributed by atoms with Gasteiger partial charge in [-0.15, -0.1) is 11.3 Å². The fraction of sp³-hybridized carbons (Fsp3) is 0.455. The highest BCUT2D eigenvalue weighted by molar-refractivity contribution is 7.14. The Bertz CT molecular complexity index is 366. The van der Waals surface area contributed by atoms with Crippen LogP contribution in [0, 0.1) is 0 Å². The first-order chi connectivity index (χ1) is 7.06. The van der Waals surface area contributed by atoms with Crippen molar-refractivity contribution in [3.8, 4) is 0 Å². The fourth-order valence-corrected chi connectivity index (χ4v) is 2.02. The van der Waals surface area contributed by atoms with Gasteiger partial charge in [-0.05, 0) is 25.0 Å². The lowest BCUT2D eigenvalue weighted by Crippen LogP contribution is -2.16. The highest BCUT2D eigenvalue weighted by Gasteiger charge is 2.19. The molecular weight excluding hydrogens is 212 g/mol. The summed E-state index contributed by atoms with van der Waals surface area (Å²) in [4.78, 5) is 24.2. The van der Waals surface area contributed by atoms with Crippen molar-refractivity contribution in [1.82, 2.24) is 0 Å². The molecule has 0 radical (unpaired) electrons. The number of carbonyl (C=O) groups is 2. The van der Waals surface area contributed by atoms with E-state index in [1.54, 1.807) is 13.0 Å². The van der Waals surface area contributed by atoms with Crippen molar-refractivity contribution in [2.75, 3.05) is 6.61 Å². The molecule has 3 nitrogen and oxygen atoms in total. The number of ketones is 1. The highest BCUT2D eigenvalue weighted by Crippen LogP contribution is 2.24. The second kappa shape index (κ2) is 5.07. The number of carbonyl (C=O) groups excluding carboxylic acids is 2. The van der Waals surface area contributed by atoms with Crippen molar-refractivity contribution in [1.29, 1.82) is 0 Å². The summed E-state index contributed by atoms with van der Waals surface area (Å²) >= 11 is 1.35. The topological polar surface area (TPSA) is 43.4 Å². The van der Waals surface area contributed by atoms with Crippen LogP contribution in [0.15, 0.2) is 12.1 Å². The van der Waals surface area contributed by atoms with Crippen LogP contribution < -0.4 is 0 Å². The average molecular weight is 226 g/mol. The predicted molar refractivity (Wildman–Crippen MR) is 59.4 cm³/mol. The standard InChI is InChI=1S/C11H14O3S/c1-4-14-11(13)10(12)9-6-5-8(15-9)7(2)3/h5-7H,4H2,1-3H3. The number of hydrogen-bond acceptors (Lipinski definition) is 4. The third-order valence-electron chi connectivity index (χ3n) is 1.88. The first kappa shape index (κ1) is 11.9. The van der Waals surface area contributed by atoms with E-state index in [9.17, 15) is 9.59 Å². The number of rotatable bonds is 4. The lowest BCUT2D eigenvalue weighted by molar-refractivity contribution is -0.137. The molecule has 0 saturated heterocycles. The summed E-state index contributed by atoms with van der Waals surface area (Å²) in [6.45, 7) is 6.00. The van der Waals surface area contributed by atoms with Gasteiger partial charge >= 0.3 is 5.97 Å². The van der Waals surface area contributed by atoms with E-state index in [0.717, 1.165) is 4.88 Å². The van der Waals surface area contributed by atoms with Crippen LogP contribution in [0.25, 0.3) is 0 Å². The molecule has 0 aromatic carbocycles. The summed E-state index contributed by atoms with van der Waals surface area (Å²) in [5.74, 6) is -0.942. The maximum Gasteiger partial charge on any atom is 0.380 e. The first-order valence-electron chi connectivity index (χ1n) is 4.87.